The maximum absolute atomic E-state index is 10.8. The highest BCUT2D eigenvalue weighted by Crippen LogP contribution is 2.24. The van der Waals surface area contributed by atoms with Crippen molar-refractivity contribution in [2.24, 2.45) is 5.73 Å². The Balaban J connectivity index is 2.27. The van der Waals surface area contributed by atoms with Crippen LogP contribution in [-0.2, 0) is 11.2 Å². The van der Waals surface area contributed by atoms with Gasteiger partial charge in [-0.25, -0.2) is 0 Å². The molecule has 1 aliphatic heterocycles. The SMILES string of the molecule is NC(=O)[C@H]1Cc2ccccc2N1. The molecule has 0 fully saturated rings. The van der Waals surface area contributed by atoms with E-state index in [0.29, 0.717) is 6.42 Å². The standard InChI is InChI=1S/C9H10N2O/c10-9(12)8-5-6-3-1-2-4-7(6)11-8/h1-4,8,11H,5H2,(H2,10,12)/t8-/m1/s1. The van der Waals surface area contributed by atoms with E-state index in [1.54, 1.807) is 0 Å². The van der Waals surface area contributed by atoms with Crippen LogP contribution in [0.1, 0.15) is 5.56 Å². The summed E-state index contributed by atoms with van der Waals surface area (Å²) in [6.07, 6.45) is 0.714. The minimum Gasteiger partial charge on any atom is -0.373 e. The zero-order valence-corrected chi connectivity index (χ0v) is 6.58. The van der Waals surface area contributed by atoms with E-state index in [0.717, 1.165) is 5.69 Å². The molecule has 0 saturated carbocycles. The molecular weight excluding hydrogens is 152 g/mol. The van der Waals surface area contributed by atoms with Crippen LogP contribution in [-0.4, -0.2) is 11.9 Å². The number of fused-ring (bicyclic) bond motifs is 1. The second-order valence-electron chi connectivity index (χ2n) is 2.96. The fourth-order valence-corrected chi connectivity index (χ4v) is 1.47. The number of hydrogen-bond donors (Lipinski definition) is 2. The second kappa shape index (κ2) is 2.52. The molecule has 12 heavy (non-hydrogen) atoms. The Kier molecular flexibility index (Phi) is 1.50. The minimum absolute atomic E-state index is 0.220. The van der Waals surface area contributed by atoms with E-state index >= 15 is 0 Å². The maximum Gasteiger partial charge on any atom is 0.240 e. The van der Waals surface area contributed by atoms with Gasteiger partial charge in [0.05, 0.1) is 0 Å². The van der Waals surface area contributed by atoms with Gasteiger partial charge in [0.2, 0.25) is 5.91 Å². The minimum atomic E-state index is -0.286. The quantitative estimate of drug-likeness (QED) is 0.632. The van der Waals surface area contributed by atoms with Gasteiger partial charge < -0.3 is 11.1 Å². The monoisotopic (exact) mass is 162 g/mol. The third-order valence-electron chi connectivity index (χ3n) is 2.11. The Bertz CT molecular complexity index is 297. The van der Waals surface area contributed by atoms with Gasteiger partial charge in [-0.2, -0.15) is 0 Å². The summed E-state index contributed by atoms with van der Waals surface area (Å²) < 4.78 is 0. The van der Waals surface area contributed by atoms with E-state index in [4.69, 9.17) is 5.73 Å². The number of primary amides is 1. The van der Waals surface area contributed by atoms with Gasteiger partial charge in [-0.1, -0.05) is 18.2 Å². The molecule has 1 aromatic carbocycles. The fourth-order valence-electron chi connectivity index (χ4n) is 1.47. The van der Waals surface area contributed by atoms with E-state index in [9.17, 15) is 4.79 Å². The summed E-state index contributed by atoms with van der Waals surface area (Å²) in [7, 11) is 0. The molecule has 0 spiro atoms. The van der Waals surface area contributed by atoms with Crippen molar-refractivity contribution in [1.29, 1.82) is 0 Å². The molecule has 1 heterocycles. The molecule has 1 aliphatic rings. The highest BCUT2D eigenvalue weighted by molar-refractivity contribution is 5.85. The van der Waals surface area contributed by atoms with Gasteiger partial charge in [0, 0.05) is 12.1 Å². The molecule has 0 radical (unpaired) electrons. The summed E-state index contributed by atoms with van der Waals surface area (Å²) in [6.45, 7) is 0. The lowest BCUT2D eigenvalue weighted by Gasteiger charge is -2.04. The van der Waals surface area contributed by atoms with Crippen LogP contribution in [0.4, 0.5) is 5.69 Å². The predicted octanol–water partition coefficient (Wildman–Crippen LogP) is 0.508. The number of para-hydroxylation sites is 1. The van der Waals surface area contributed by atoms with Crippen molar-refractivity contribution in [3.8, 4) is 0 Å². The van der Waals surface area contributed by atoms with Gasteiger partial charge in [-0.15, -0.1) is 0 Å². The van der Waals surface area contributed by atoms with Crippen LogP contribution in [0.2, 0.25) is 0 Å². The lowest BCUT2D eigenvalue weighted by Crippen LogP contribution is -2.33. The first-order valence-electron chi connectivity index (χ1n) is 3.91. The van der Waals surface area contributed by atoms with Crippen LogP contribution in [0, 0.1) is 0 Å². The molecular formula is C9H10N2O. The fraction of sp³-hybridized carbons (Fsp3) is 0.222. The number of anilines is 1. The number of rotatable bonds is 1. The van der Waals surface area contributed by atoms with E-state index in [-0.39, 0.29) is 11.9 Å². The summed E-state index contributed by atoms with van der Waals surface area (Å²) in [6, 6.07) is 7.64. The lowest BCUT2D eigenvalue weighted by molar-refractivity contribution is -0.118. The topological polar surface area (TPSA) is 55.1 Å². The third-order valence-corrected chi connectivity index (χ3v) is 2.11. The highest BCUT2D eigenvalue weighted by atomic mass is 16.1. The second-order valence-corrected chi connectivity index (χ2v) is 2.96. The molecule has 0 aliphatic carbocycles. The van der Waals surface area contributed by atoms with E-state index in [2.05, 4.69) is 5.32 Å². The average Bonchev–Trinajstić information content (AvgIpc) is 2.46. The Morgan fingerprint density at radius 3 is 2.92 bits per heavy atom. The Labute approximate surface area is 70.6 Å². The molecule has 0 bridgehead atoms. The number of benzene rings is 1. The molecule has 62 valence electrons. The number of hydrogen-bond acceptors (Lipinski definition) is 2. The van der Waals surface area contributed by atoms with Crippen LogP contribution in [0.3, 0.4) is 0 Å². The van der Waals surface area contributed by atoms with E-state index in [1.165, 1.54) is 5.56 Å². The lowest BCUT2D eigenvalue weighted by atomic mass is 10.1. The predicted molar refractivity (Wildman–Crippen MR) is 46.8 cm³/mol. The van der Waals surface area contributed by atoms with Crippen molar-refractivity contribution in [3.05, 3.63) is 29.8 Å². The normalized spacial score (nSPS) is 19.8. The molecule has 1 atom stereocenters. The van der Waals surface area contributed by atoms with Gasteiger partial charge in [0.25, 0.3) is 0 Å². The van der Waals surface area contributed by atoms with Gasteiger partial charge in [-0.05, 0) is 11.6 Å². The first kappa shape index (κ1) is 7.16. The summed E-state index contributed by atoms with van der Waals surface area (Å²) in [5.41, 5.74) is 7.37. The molecule has 1 amide bonds. The first-order chi connectivity index (χ1) is 5.77. The van der Waals surface area contributed by atoms with Crippen LogP contribution in [0.5, 0.6) is 0 Å². The number of nitrogens with two attached hydrogens (primary N) is 1. The Morgan fingerprint density at radius 1 is 1.50 bits per heavy atom. The molecule has 1 aromatic rings. The zero-order valence-electron chi connectivity index (χ0n) is 6.58. The van der Waals surface area contributed by atoms with Crippen LogP contribution in [0.25, 0.3) is 0 Å². The van der Waals surface area contributed by atoms with Crippen molar-refractivity contribution in [3.63, 3.8) is 0 Å². The number of nitrogens with one attached hydrogen (secondary N) is 1. The van der Waals surface area contributed by atoms with Gasteiger partial charge in [0.1, 0.15) is 6.04 Å². The van der Waals surface area contributed by atoms with E-state index < -0.39 is 0 Å². The first-order valence-corrected chi connectivity index (χ1v) is 3.91. The number of carbonyl (C=O) groups excluding carboxylic acids is 1. The molecule has 3 heteroatoms. The summed E-state index contributed by atoms with van der Waals surface area (Å²) in [4.78, 5) is 10.8. The summed E-state index contributed by atoms with van der Waals surface area (Å²) >= 11 is 0. The van der Waals surface area contributed by atoms with Gasteiger partial charge in [-0.3, -0.25) is 4.79 Å². The Morgan fingerprint density at radius 2 is 2.25 bits per heavy atom. The average molecular weight is 162 g/mol. The van der Waals surface area contributed by atoms with E-state index in [1.807, 2.05) is 24.3 Å². The van der Waals surface area contributed by atoms with Crippen molar-refractivity contribution < 1.29 is 4.79 Å². The molecule has 3 N–H and O–H groups in total. The number of amides is 1. The van der Waals surface area contributed by atoms with Crippen LogP contribution >= 0.6 is 0 Å². The van der Waals surface area contributed by atoms with Crippen LogP contribution in [0.15, 0.2) is 24.3 Å². The molecule has 0 aromatic heterocycles. The van der Waals surface area contributed by atoms with Crippen molar-refractivity contribution in [2.75, 3.05) is 5.32 Å². The third kappa shape index (κ3) is 1.03. The largest absolute Gasteiger partial charge is 0.373 e. The number of carbonyl (C=O) groups is 1. The Hall–Kier alpha value is -1.51. The maximum atomic E-state index is 10.8. The summed E-state index contributed by atoms with van der Waals surface area (Å²) in [5, 5.41) is 3.06. The van der Waals surface area contributed by atoms with Crippen molar-refractivity contribution in [1.82, 2.24) is 0 Å². The van der Waals surface area contributed by atoms with Gasteiger partial charge in [0.15, 0.2) is 0 Å². The zero-order chi connectivity index (χ0) is 8.55. The van der Waals surface area contributed by atoms with Crippen molar-refractivity contribution in [2.45, 2.75) is 12.5 Å². The van der Waals surface area contributed by atoms with Crippen molar-refractivity contribution >= 4 is 11.6 Å². The molecule has 2 rings (SSSR count). The molecule has 0 saturated heterocycles. The summed E-state index contributed by atoms with van der Waals surface area (Å²) in [5.74, 6) is -0.286. The van der Waals surface area contributed by atoms with Gasteiger partial charge >= 0.3 is 0 Å². The molecule has 3 nitrogen and oxygen atoms in total. The highest BCUT2D eigenvalue weighted by Gasteiger charge is 2.23. The van der Waals surface area contributed by atoms with Crippen LogP contribution < -0.4 is 11.1 Å². The smallest absolute Gasteiger partial charge is 0.240 e. The molecule has 0 unspecified atom stereocenters.